The Morgan fingerprint density at radius 3 is 2.75 bits per heavy atom. The Bertz CT molecular complexity index is 823. The molecule has 1 unspecified atom stereocenters. The Morgan fingerprint density at radius 1 is 1.33 bits per heavy atom. The summed E-state index contributed by atoms with van der Waals surface area (Å²) in [6.45, 7) is 1.82. The molecule has 0 aliphatic heterocycles. The van der Waals surface area contributed by atoms with Crippen molar-refractivity contribution in [2.45, 2.75) is 32.6 Å². The molecule has 1 aromatic carbocycles. The summed E-state index contributed by atoms with van der Waals surface area (Å²) in [5, 5.41) is 9.04. The maximum Gasteiger partial charge on any atom is 0.174 e. The number of carbonyl (C=O) groups excluding carboxylic acids is 2. The highest BCUT2D eigenvalue weighted by atomic mass is 35.5. The number of hydrogen-bond donors (Lipinski definition) is 0. The van der Waals surface area contributed by atoms with Crippen molar-refractivity contribution in [1.82, 2.24) is 0 Å². The van der Waals surface area contributed by atoms with Crippen LogP contribution in [0.2, 0.25) is 10.0 Å². The summed E-state index contributed by atoms with van der Waals surface area (Å²) in [5.41, 5.74) is 0.940. The van der Waals surface area contributed by atoms with Gasteiger partial charge < -0.3 is 4.74 Å². The van der Waals surface area contributed by atoms with E-state index < -0.39 is 5.41 Å². The van der Waals surface area contributed by atoms with E-state index in [9.17, 15) is 9.59 Å². The topological polar surface area (TPSA) is 67.2 Å². The quantitative estimate of drug-likeness (QED) is 0.782. The third-order valence-corrected chi connectivity index (χ3v) is 5.56. The molecule has 124 valence electrons. The Morgan fingerprint density at radius 2 is 2.08 bits per heavy atom. The largest absolute Gasteiger partial charge is 0.477 e. The van der Waals surface area contributed by atoms with Gasteiger partial charge in [-0.3, -0.25) is 9.59 Å². The summed E-state index contributed by atoms with van der Waals surface area (Å²) >= 11 is 12.7. The monoisotopic (exact) mass is 363 g/mol. The number of carbonyl (C=O) groups is 2. The van der Waals surface area contributed by atoms with Crippen LogP contribution in [-0.4, -0.2) is 18.2 Å². The molecule has 0 spiro atoms. The van der Waals surface area contributed by atoms with Crippen LogP contribution < -0.4 is 4.74 Å². The van der Waals surface area contributed by atoms with Crippen molar-refractivity contribution in [3.05, 3.63) is 33.3 Å². The zero-order valence-electron chi connectivity index (χ0n) is 13.1. The maximum atomic E-state index is 13.2. The SMILES string of the molecule is CCCC12CCC(=O)C=C1c1c(cc(OCC#N)c(Cl)c1Cl)C2=O. The van der Waals surface area contributed by atoms with E-state index in [0.29, 0.717) is 36.0 Å². The minimum Gasteiger partial charge on any atom is -0.477 e. The molecule has 1 atom stereocenters. The molecule has 0 saturated heterocycles. The average molecular weight is 364 g/mol. The van der Waals surface area contributed by atoms with Crippen LogP contribution in [0, 0.1) is 16.7 Å². The van der Waals surface area contributed by atoms with E-state index >= 15 is 0 Å². The van der Waals surface area contributed by atoms with E-state index in [1.165, 1.54) is 0 Å². The Hall–Kier alpha value is -1.83. The van der Waals surface area contributed by atoms with Crippen LogP contribution in [0.5, 0.6) is 5.75 Å². The van der Waals surface area contributed by atoms with Gasteiger partial charge in [-0.1, -0.05) is 36.5 Å². The van der Waals surface area contributed by atoms with Crippen molar-refractivity contribution >= 4 is 40.3 Å². The van der Waals surface area contributed by atoms with E-state index in [2.05, 4.69) is 0 Å². The van der Waals surface area contributed by atoms with E-state index in [4.69, 9.17) is 33.2 Å². The molecule has 0 radical (unpaired) electrons. The lowest BCUT2D eigenvalue weighted by Gasteiger charge is -2.31. The van der Waals surface area contributed by atoms with Gasteiger partial charge in [0.2, 0.25) is 0 Å². The number of nitriles is 1. The molecule has 0 bridgehead atoms. The van der Waals surface area contributed by atoms with Gasteiger partial charge in [0, 0.05) is 17.5 Å². The first kappa shape index (κ1) is 17.0. The number of benzene rings is 1. The zero-order valence-corrected chi connectivity index (χ0v) is 14.6. The summed E-state index contributed by atoms with van der Waals surface area (Å²) in [4.78, 5) is 25.1. The molecule has 0 saturated carbocycles. The summed E-state index contributed by atoms with van der Waals surface area (Å²) in [5.74, 6) is 0.167. The molecule has 4 nitrogen and oxygen atoms in total. The Labute approximate surface area is 150 Å². The standard InChI is InChI=1S/C18H15Cl2NO3/c1-2-4-18-5-3-10(22)8-12(18)14-11(17(18)23)9-13(24-7-6-21)15(19)16(14)20/h8-9H,2-5,7H2,1H3. The predicted molar refractivity (Wildman–Crippen MR) is 91.5 cm³/mol. The summed E-state index contributed by atoms with van der Waals surface area (Å²) in [6.07, 6.45) is 3.85. The molecular formula is C18H15Cl2NO3. The smallest absolute Gasteiger partial charge is 0.174 e. The molecule has 0 heterocycles. The van der Waals surface area contributed by atoms with Crippen molar-refractivity contribution in [2.75, 3.05) is 6.61 Å². The van der Waals surface area contributed by atoms with Crippen molar-refractivity contribution < 1.29 is 14.3 Å². The minimum absolute atomic E-state index is 0.00521. The number of rotatable bonds is 4. The number of fused-ring (bicyclic) bond motifs is 3. The van der Waals surface area contributed by atoms with Gasteiger partial charge in [0.05, 0.1) is 10.4 Å². The fraction of sp³-hybridized carbons (Fsp3) is 0.389. The zero-order chi connectivity index (χ0) is 17.5. The van der Waals surface area contributed by atoms with E-state index in [-0.39, 0.29) is 34.0 Å². The van der Waals surface area contributed by atoms with Gasteiger partial charge in [0.1, 0.15) is 16.8 Å². The van der Waals surface area contributed by atoms with Crippen LogP contribution in [0.15, 0.2) is 12.1 Å². The molecule has 24 heavy (non-hydrogen) atoms. The number of nitrogens with zero attached hydrogens (tertiary/aromatic N) is 1. The van der Waals surface area contributed by atoms with Gasteiger partial charge in [0.25, 0.3) is 0 Å². The first-order valence-electron chi connectivity index (χ1n) is 7.78. The summed E-state index contributed by atoms with van der Waals surface area (Å²) in [6, 6.07) is 3.41. The third kappa shape index (κ3) is 2.35. The van der Waals surface area contributed by atoms with Gasteiger partial charge >= 0.3 is 0 Å². The number of ether oxygens (including phenoxy) is 1. The average Bonchev–Trinajstić information content (AvgIpc) is 2.79. The van der Waals surface area contributed by atoms with Crippen LogP contribution in [0.1, 0.15) is 48.5 Å². The predicted octanol–water partition coefficient (Wildman–Crippen LogP) is 4.62. The van der Waals surface area contributed by atoms with E-state index in [1.54, 1.807) is 12.1 Å². The highest BCUT2D eigenvalue weighted by Crippen LogP contribution is 2.57. The van der Waals surface area contributed by atoms with Crippen molar-refractivity contribution in [3.63, 3.8) is 0 Å². The normalized spacial score (nSPS) is 21.8. The van der Waals surface area contributed by atoms with Crippen LogP contribution >= 0.6 is 23.2 Å². The molecule has 2 aliphatic rings. The van der Waals surface area contributed by atoms with Crippen LogP contribution in [0.4, 0.5) is 0 Å². The number of ketones is 2. The van der Waals surface area contributed by atoms with E-state index in [1.807, 2.05) is 13.0 Å². The second kappa shape index (κ2) is 6.23. The van der Waals surface area contributed by atoms with Gasteiger partial charge in [-0.05, 0) is 30.6 Å². The maximum absolute atomic E-state index is 13.2. The lowest BCUT2D eigenvalue weighted by molar-refractivity contribution is -0.115. The van der Waals surface area contributed by atoms with Gasteiger partial charge in [0.15, 0.2) is 18.2 Å². The molecule has 0 aromatic heterocycles. The minimum atomic E-state index is -0.703. The summed E-state index contributed by atoms with van der Waals surface area (Å²) < 4.78 is 5.29. The molecular weight excluding hydrogens is 349 g/mol. The molecule has 0 fully saturated rings. The molecule has 1 aromatic rings. The Balaban J connectivity index is 2.24. The molecule has 2 aliphatic carbocycles. The molecule has 0 amide bonds. The van der Waals surface area contributed by atoms with E-state index in [0.717, 1.165) is 6.42 Å². The highest BCUT2D eigenvalue weighted by Gasteiger charge is 2.51. The summed E-state index contributed by atoms with van der Waals surface area (Å²) in [7, 11) is 0. The number of halogens is 2. The van der Waals surface area contributed by atoms with Gasteiger partial charge in [-0.25, -0.2) is 0 Å². The van der Waals surface area contributed by atoms with Crippen molar-refractivity contribution in [1.29, 1.82) is 5.26 Å². The third-order valence-electron chi connectivity index (χ3n) is 4.71. The second-order valence-electron chi connectivity index (χ2n) is 6.06. The fourth-order valence-corrected chi connectivity index (χ4v) is 4.21. The lowest BCUT2D eigenvalue weighted by Crippen LogP contribution is -2.31. The number of hydrogen-bond acceptors (Lipinski definition) is 4. The Kier molecular flexibility index (Phi) is 4.42. The van der Waals surface area contributed by atoms with Crippen LogP contribution in [-0.2, 0) is 4.79 Å². The van der Waals surface area contributed by atoms with Gasteiger partial charge in [-0.15, -0.1) is 0 Å². The number of allylic oxidation sites excluding steroid dienone is 2. The van der Waals surface area contributed by atoms with Crippen molar-refractivity contribution in [2.24, 2.45) is 5.41 Å². The first-order chi connectivity index (χ1) is 11.5. The molecule has 0 N–H and O–H groups in total. The second-order valence-corrected chi connectivity index (χ2v) is 6.81. The van der Waals surface area contributed by atoms with Crippen molar-refractivity contribution in [3.8, 4) is 11.8 Å². The van der Waals surface area contributed by atoms with Gasteiger partial charge in [-0.2, -0.15) is 5.26 Å². The fourth-order valence-electron chi connectivity index (χ4n) is 3.71. The van der Waals surface area contributed by atoms with Crippen LogP contribution in [0.3, 0.4) is 0 Å². The highest BCUT2D eigenvalue weighted by molar-refractivity contribution is 6.45. The number of Topliss-reactive ketones (excluding diaryl/α,β-unsaturated/α-hetero) is 1. The lowest BCUT2D eigenvalue weighted by atomic mass is 9.69. The molecule has 6 heteroatoms. The van der Waals surface area contributed by atoms with Crippen LogP contribution in [0.25, 0.3) is 5.57 Å². The molecule has 3 rings (SSSR count). The first-order valence-corrected chi connectivity index (χ1v) is 8.53.